The van der Waals surface area contributed by atoms with E-state index in [-0.39, 0.29) is 12.0 Å². The lowest BCUT2D eigenvalue weighted by Gasteiger charge is -2.03. The van der Waals surface area contributed by atoms with Crippen LogP contribution in [0.25, 0.3) is 0 Å². The molecule has 1 rings (SSSR count). The smallest absolute Gasteiger partial charge is 0.307 e. The fourth-order valence-electron chi connectivity index (χ4n) is 1.05. The van der Waals surface area contributed by atoms with Crippen molar-refractivity contribution in [3.63, 3.8) is 0 Å². The number of carbonyl (C=O) groups is 1. The first-order chi connectivity index (χ1) is 6.13. The van der Waals surface area contributed by atoms with Crippen molar-refractivity contribution in [2.24, 2.45) is 0 Å². The molecule has 0 bridgehead atoms. The molecule has 0 spiro atoms. The van der Waals surface area contributed by atoms with Crippen molar-refractivity contribution < 1.29 is 18.7 Å². The first-order valence-electron chi connectivity index (χ1n) is 3.68. The van der Waals surface area contributed by atoms with Gasteiger partial charge in [0.1, 0.15) is 12.5 Å². The van der Waals surface area contributed by atoms with Gasteiger partial charge in [0.2, 0.25) is 0 Å². The molecule has 2 nitrogen and oxygen atoms in total. The number of carboxylic acid groups (broad SMARTS) is 1. The Morgan fingerprint density at radius 2 is 2.08 bits per heavy atom. The third kappa shape index (κ3) is 2.50. The molecule has 4 heteroatoms. The molecule has 0 saturated carbocycles. The van der Waals surface area contributed by atoms with Gasteiger partial charge in [0, 0.05) is 0 Å². The predicted octanol–water partition coefficient (Wildman–Crippen LogP) is 1.92. The maximum Gasteiger partial charge on any atom is 0.307 e. The normalized spacial score (nSPS) is 10.0. The van der Waals surface area contributed by atoms with E-state index in [2.05, 4.69) is 0 Å². The Balaban J connectivity index is 2.99. The van der Waals surface area contributed by atoms with Gasteiger partial charge >= 0.3 is 5.97 Å². The number of alkyl halides is 1. The van der Waals surface area contributed by atoms with Crippen LogP contribution in [0, 0.1) is 5.82 Å². The van der Waals surface area contributed by atoms with Crippen molar-refractivity contribution in [1.29, 1.82) is 0 Å². The van der Waals surface area contributed by atoms with Gasteiger partial charge in [-0.1, -0.05) is 6.07 Å². The van der Waals surface area contributed by atoms with Gasteiger partial charge in [-0.2, -0.15) is 0 Å². The Morgan fingerprint density at radius 3 is 2.62 bits per heavy atom. The SMILES string of the molecule is O=C(O)Cc1ccc(F)cc1CF. The van der Waals surface area contributed by atoms with Crippen LogP contribution in [0.5, 0.6) is 0 Å². The van der Waals surface area contributed by atoms with Crippen LogP contribution in [0.3, 0.4) is 0 Å². The molecule has 13 heavy (non-hydrogen) atoms. The van der Waals surface area contributed by atoms with Gasteiger partial charge in [-0.3, -0.25) is 4.79 Å². The molecule has 0 heterocycles. The molecule has 0 atom stereocenters. The van der Waals surface area contributed by atoms with Crippen LogP contribution in [0.4, 0.5) is 8.78 Å². The topological polar surface area (TPSA) is 37.3 Å². The fourth-order valence-corrected chi connectivity index (χ4v) is 1.05. The largest absolute Gasteiger partial charge is 0.481 e. The van der Waals surface area contributed by atoms with E-state index in [0.29, 0.717) is 5.56 Å². The number of aliphatic carboxylic acids is 1. The Labute approximate surface area is 73.8 Å². The van der Waals surface area contributed by atoms with Crippen molar-refractivity contribution >= 4 is 5.97 Å². The molecule has 0 aliphatic rings. The van der Waals surface area contributed by atoms with Crippen LogP contribution in [0.1, 0.15) is 11.1 Å². The molecule has 0 amide bonds. The Kier molecular flexibility index (Phi) is 2.95. The number of carboxylic acids is 1. The number of benzene rings is 1. The van der Waals surface area contributed by atoms with E-state index in [1.165, 1.54) is 6.07 Å². The minimum Gasteiger partial charge on any atom is -0.481 e. The molecule has 0 fully saturated rings. The second-order valence-electron chi connectivity index (χ2n) is 2.62. The number of halogens is 2. The second kappa shape index (κ2) is 3.98. The quantitative estimate of drug-likeness (QED) is 0.783. The molecule has 1 N–H and O–H groups in total. The summed E-state index contributed by atoms with van der Waals surface area (Å²) in [5.41, 5.74) is 0.416. The first kappa shape index (κ1) is 9.64. The molecule has 0 aromatic heterocycles. The molecular formula is C9H8F2O2. The molecule has 0 radical (unpaired) electrons. The lowest BCUT2D eigenvalue weighted by atomic mass is 10.1. The summed E-state index contributed by atoms with van der Waals surface area (Å²) in [6, 6.07) is 3.42. The molecule has 1 aromatic rings. The summed E-state index contributed by atoms with van der Waals surface area (Å²) in [5.74, 6) is -1.61. The standard InChI is InChI=1S/C9H8F2O2/c10-5-7-3-8(11)2-1-6(7)4-9(12)13/h1-3H,4-5H2,(H,12,13). The lowest BCUT2D eigenvalue weighted by molar-refractivity contribution is -0.136. The van der Waals surface area contributed by atoms with E-state index in [1.54, 1.807) is 0 Å². The summed E-state index contributed by atoms with van der Waals surface area (Å²) >= 11 is 0. The molecule has 1 aromatic carbocycles. The second-order valence-corrected chi connectivity index (χ2v) is 2.62. The number of hydrogen-bond acceptors (Lipinski definition) is 1. The third-order valence-corrected chi connectivity index (χ3v) is 1.65. The van der Waals surface area contributed by atoms with Crippen LogP contribution in [-0.4, -0.2) is 11.1 Å². The summed E-state index contributed by atoms with van der Waals surface area (Å²) in [4.78, 5) is 10.3. The zero-order valence-electron chi connectivity index (χ0n) is 6.76. The minimum atomic E-state index is -1.05. The van der Waals surface area contributed by atoms with Gasteiger partial charge in [0.25, 0.3) is 0 Å². The highest BCUT2D eigenvalue weighted by Gasteiger charge is 2.07. The first-order valence-corrected chi connectivity index (χ1v) is 3.68. The molecule has 0 aliphatic heterocycles. The van der Waals surface area contributed by atoms with E-state index >= 15 is 0 Å². The van der Waals surface area contributed by atoms with Crippen LogP contribution in [-0.2, 0) is 17.9 Å². The monoisotopic (exact) mass is 186 g/mol. The zero-order chi connectivity index (χ0) is 9.84. The highest BCUT2D eigenvalue weighted by molar-refractivity contribution is 5.70. The van der Waals surface area contributed by atoms with Crippen molar-refractivity contribution in [3.8, 4) is 0 Å². The van der Waals surface area contributed by atoms with Gasteiger partial charge in [-0.25, -0.2) is 8.78 Å². The Hall–Kier alpha value is -1.45. The Morgan fingerprint density at radius 1 is 1.38 bits per heavy atom. The van der Waals surface area contributed by atoms with Gasteiger partial charge < -0.3 is 5.11 Å². The Bertz CT molecular complexity index is 323. The van der Waals surface area contributed by atoms with E-state index in [4.69, 9.17) is 5.11 Å². The van der Waals surface area contributed by atoms with E-state index in [1.807, 2.05) is 0 Å². The van der Waals surface area contributed by atoms with Crippen molar-refractivity contribution in [2.45, 2.75) is 13.1 Å². The highest BCUT2D eigenvalue weighted by Crippen LogP contribution is 2.13. The minimum absolute atomic E-state index is 0.0994. The van der Waals surface area contributed by atoms with Crippen LogP contribution in [0.2, 0.25) is 0 Å². The van der Waals surface area contributed by atoms with E-state index in [9.17, 15) is 13.6 Å². The summed E-state index contributed by atoms with van der Waals surface area (Å²) < 4.78 is 24.8. The summed E-state index contributed by atoms with van der Waals surface area (Å²) in [7, 11) is 0. The maximum atomic E-state index is 12.6. The summed E-state index contributed by atoms with van der Waals surface area (Å²) in [6.45, 7) is -0.847. The third-order valence-electron chi connectivity index (χ3n) is 1.65. The van der Waals surface area contributed by atoms with Crippen LogP contribution in [0.15, 0.2) is 18.2 Å². The predicted molar refractivity (Wildman–Crippen MR) is 42.6 cm³/mol. The zero-order valence-corrected chi connectivity index (χ0v) is 6.76. The average molecular weight is 186 g/mol. The average Bonchev–Trinajstić information content (AvgIpc) is 2.07. The highest BCUT2D eigenvalue weighted by atomic mass is 19.1. The van der Waals surface area contributed by atoms with Crippen molar-refractivity contribution in [3.05, 3.63) is 35.1 Å². The lowest BCUT2D eigenvalue weighted by Crippen LogP contribution is -2.03. The maximum absolute atomic E-state index is 12.6. The van der Waals surface area contributed by atoms with E-state index < -0.39 is 18.5 Å². The number of rotatable bonds is 3. The molecular weight excluding hydrogens is 178 g/mol. The fraction of sp³-hybridized carbons (Fsp3) is 0.222. The molecule has 0 aliphatic carbocycles. The molecule has 0 unspecified atom stereocenters. The summed E-state index contributed by atoms with van der Waals surface area (Å²) in [6.07, 6.45) is -0.278. The molecule has 0 saturated heterocycles. The number of hydrogen-bond donors (Lipinski definition) is 1. The van der Waals surface area contributed by atoms with Gasteiger partial charge in [-0.15, -0.1) is 0 Å². The van der Waals surface area contributed by atoms with Gasteiger partial charge in [0.15, 0.2) is 0 Å². The van der Waals surface area contributed by atoms with Crippen molar-refractivity contribution in [1.82, 2.24) is 0 Å². The summed E-state index contributed by atoms with van der Waals surface area (Å²) in [5, 5.41) is 8.44. The van der Waals surface area contributed by atoms with Crippen LogP contribution < -0.4 is 0 Å². The van der Waals surface area contributed by atoms with Crippen LogP contribution >= 0.6 is 0 Å². The molecule has 70 valence electrons. The van der Waals surface area contributed by atoms with E-state index in [0.717, 1.165) is 12.1 Å². The van der Waals surface area contributed by atoms with Crippen molar-refractivity contribution in [2.75, 3.05) is 0 Å². The van der Waals surface area contributed by atoms with Gasteiger partial charge in [0.05, 0.1) is 6.42 Å². The van der Waals surface area contributed by atoms with Gasteiger partial charge in [-0.05, 0) is 23.3 Å².